The van der Waals surface area contributed by atoms with Crippen LogP contribution in [0.4, 0.5) is 10.5 Å². The molecule has 0 aliphatic carbocycles. The molecule has 21 heavy (non-hydrogen) atoms. The summed E-state index contributed by atoms with van der Waals surface area (Å²) in [5.41, 5.74) is 0.311. The first-order chi connectivity index (χ1) is 9.56. The summed E-state index contributed by atoms with van der Waals surface area (Å²) in [5.74, 6) is 0.647. The molecule has 1 atom stereocenters. The minimum Gasteiger partial charge on any atom is -0.487 e. The molecule has 2 N–H and O–H groups in total. The molecular weight excluding hydrogens is 270 g/mol. The molecule has 1 aliphatic heterocycles. The number of fused-ring (bicyclic) bond motifs is 1. The average molecular weight is 293 g/mol. The first-order valence-electron chi connectivity index (χ1n) is 7.07. The molecule has 0 spiro atoms. The van der Waals surface area contributed by atoms with Crippen molar-refractivity contribution in [2.75, 3.05) is 5.32 Å². The van der Waals surface area contributed by atoms with Crippen molar-refractivity contribution in [1.82, 2.24) is 0 Å². The van der Waals surface area contributed by atoms with Crippen LogP contribution < -0.4 is 10.1 Å². The second-order valence-electron chi connectivity index (χ2n) is 6.96. The smallest absolute Gasteiger partial charge is 0.412 e. The van der Waals surface area contributed by atoms with Crippen molar-refractivity contribution < 1.29 is 19.4 Å². The van der Waals surface area contributed by atoms with Crippen molar-refractivity contribution in [3.05, 3.63) is 23.8 Å². The molecule has 0 saturated heterocycles. The summed E-state index contributed by atoms with van der Waals surface area (Å²) in [4.78, 5) is 11.8. The van der Waals surface area contributed by atoms with E-state index < -0.39 is 23.4 Å². The first-order valence-corrected chi connectivity index (χ1v) is 7.07. The molecule has 1 unspecified atom stereocenters. The Morgan fingerprint density at radius 3 is 2.71 bits per heavy atom. The molecule has 0 aromatic heterocycles. The van der Waals surface area contributed by atoms with Crippen molar-refractivity contribution in [3.63, 3.8) is 0 Å². The van der Waals surface area contributed by atoms with E-state index in [2.05, 4.69) is 5.32 Å². The molecule has 5 heteroatoms. The van der Waals surface area contributed by atoms with Gasteiger partial charge < -0.3 is 14.6 Å². The number of nitrogens with one attached hydrogen (secondary N) is 1. The lowest BCUT2D eigenvalue weighted by atomic mass is 9.91. The molecule has 1 aromatic carbocycles. The second kappa shape index (κ2) is 5.22. The van der Waals surface area contributed by atoms with E-state index in [1.165, 1.54) is 0 Å². The van der Waals surface area contributed by atoms with Crippen LogP contribution in [-0.2, 0) is 4.74 Å². The Labute approximate surface area is 125 Å². The summed E-state index contributed by atoms with van der Waals surface area (Å²) in [5, 5.41) is 12.9. The number of benzene rings is 1. The van der Waals surface area contributed by atoms with E-state index in [9.17, 15) is 9.90 Å². The fourth-order valence-corrected chi connectivity index (χ4v) is 2.32. The van der Waals surface area contributed by atoms with Gasteiger partial charge in [0.05, 0.1) is 6.10 Å². The number of ether oxygens (including phenoxy) is 2. The predicted octanol–water partition coefficient (Wildman–Crippen LogP) is 3.63. The number of hydrogen-bond donors (Lipinski definition) is 2. The summed E-state index contributed by atoms with van der Waals surface area (Å²) >= 11 is 0. The molecule has 5 nitrogen and oxygen atoms in total. The van der Waals surface area contributed by atoms with Crippen LogP contribution in [0.15, 0.2) is 18.2 Å². The zero-order valence-corrected chi connectivity index (χ0v) is 13.2. The average Bonchev–Trinajstić information content (AvgIpc) is 2.26. The number of hydrogen-bond acceptors (Lipinski definition) is 4. The normalized spacial score (nSPS) is 20.2. The Kier molecular flexibility index (Phi) is 3.89. The van der Waals surface area contributed by atoms with Gasteiger partial charge in [0, 0.05) is 17.7 Å². The molecule has 116 valence electrons. The van der Waals surface area contributed by atoms with Crippen LogP contribution in [0.1, 0.15) is 52.7 Å². The van der Waals surface area contributed by atoms with Gasteiger partial charge in [0.1, 0.15) is 17.0 Å². The lowest BCUT2D eigenvalue weighted by molar-refractivity contribution is 0.0115. The fraction of sp³-hybridized carbons (Fsp3) is 0.562. The number of anilines is 1. The van der Waals surface area contributed by atoms with Crippen molar-refractivity contribution in [1.29, 1.82) is 0 Å². The van der Waals surface area contributed by atoms with E-state index in [1.54, 1.807) is 39.0 Å². The number of aliphatic hydroxyl groups excluding tert-OH is 1. The van der Waals surface area contributed by atoms with Gasteiger partial charge in [0.2, 0.25) is 0 Å². The molecule has 1 aromatic rings. The number of aliphatic hydroxyl groups is 1. The number of rotatable bonds is 1. The van der Waals surface area contributed by atoms with E-state index in [0.29, 0.717) is 23.4 Å². The zero-order valence-electron chi connectivity index (χ0n) is 13.2. The Hall–Kier alpha value is -1.75. The molecule has 2 rings (SSSR count). The van der Waals surface area contributed by atoms with Crippen LogP contribution in [0.25, 0.3) is 0 Å². The summed E-state index contributed by atoms with van der Waals surface area (Å²) in [6, 6.07) is 5.21. The highest BCUT2D eigenvalue weighted by molar-refractivity contribution is 5.85. The number of carbonyl (C=O) groups excluding carboxylic acids is 1. The summed E-state index contributed by atoms with van der Waals surface area (Å²) in [6.45, 7) is 9.29. The molecule has 0 fully saturated rings. The highest BCUT2D eigenvalue weighted by Gasteiger charge is 2.32. The van der Waals surface area contributed by atoms with Crippen LogP contribution in [0.3, 0.4) is 0 Å². The topological polar surface area (TPSA) is 67.8 Å². The van der Waals surface area contributed by atoms with Gasteiger partial charge in [-0.05, 0) is 52.8 Å². The molecule has 0 bridgehead atoms. The largest absolute Gasteiger partial charge is 0.487 e. The van der Waals surface area contributed by atoms with Gasteiger partial charge in [0.25, 0.3) is 0 Å². The monoisotopic (exact) mass is 293 g/mol. The Balaban J connectivity index is 2.15. The third-order valence-electron chi connectivity index (χ3n) is 3.09. The number of carbonyl (C=O) groups is 1. The van der Waals surface area contributed by atoms with E-state index in [1.807, 2.05) is 13.8 Å². The first kappa shape index (κ1) is 15.6. The predicted molar refractivity (Wildman–Crippen MR) is 80.6 cm³/mol. The molecule has 0 saturated carbocycles. The molecule has 1 amide bonds. The highest BCUT2D eigenvalue weighted by Crippen LogP contribution is 2.40. The van der Waals surface area contributed by atoms with Gasteiger partial charge >= 0.3 is 6.09 Å². The van der Waals surface area contributed by atoms with Gasteiger partial charge in [-0.3, -0.25) is 5.32 Å². The van der Waals surface area contributed by atoms with Crippen LogP contribution >= 0.6 is 0 Å². The van der Waals surface area contributed by atoms with Gasteiger partial charge in [-0.2, -0.15) is 0 Å². The van der Waals surface area contributed by atoms with Crippen LogP contribution in [0.2, 0.25) is 0 Å². The summed E-state index contributed by atoms with van der Waals surface area (Å²) < 4.78 is 11.0. The third kappa shape index (κ3) is 4.11. The van der Waals surface area contributed by atoms with Gasteiger partial charge in [0.15, 0.2) is 0 Å². The zero-order chi connectivity index (χ0) is 15.8. The Morgan fingerprint density at radius 2 is 2.10 bits per heavy atom. The lowest BCUT2D eigenvalue weighted by Crippen LogP contribution is -2.34. The van der Waals surface area contributed by atoms with E-state index in [0.717, 1.165) is 0 Å². The molecular formula is C16H23NO4. The van der Waals surface area contributed by atoms with Gasteiger partial charge in [-0.15, -0.1) is 0 Å². The second-order valence-corrected chi connectivity index (χ2v) is 6.96. The van der Waals surface area contributed by atoms with E-state index >= 15 is 0 Å². The maximum atomic E-state index is 11.8. The van der Waals surface area contributed by atoms with Crippen molar-refractivity contribution in [2.24, 2.45) is 0 Å². The number of amides is 1. The maximum absolute atomic E-state index is 11.8. The highest BCUT2D eigenvalue weighted by atomic mass is 16.6. The van der Waals surface area contributed by atoms with Gasteiger partial charge in [-0.1, -0.05) is 0 Å². The Bertz CT molecular complexity index is 546. The fourth-order valence-electron chi connectivity index (χ4n) is 2.32. The molecule has 1 aliphatic rings. The standard InChI is InChI=1S/C16H23NO4/c1-15(2,3)21-14(19)17-10-6-7-13-11(8-10)12(18)9-16(4,5)20-13/h6-8,12,18H,9H2,1-5H3,(H,17,19). The maximum Gasteiger partial charge on any atom is 0.412 e. The van der Waals surface area contributed by atoms with Crippen LogP contribution in [-0.4, -0.2) is 22.4 Å². The summed E-state index contributed by atoms with van der Waals surface area (Å²) in [7, 11) is 0. The van der Waals surface area contributed by atoms with Crippen LogP contribution in [0.5, 0.6) is 5.75 Å². The minimum atomic E-state index is -0.607. The van der Waals surface area contributed by atoms with Crippen molar-refractivity contribution in [3.8, 4) is 5.75 Å². The van der Waals surface area contributed by atoms with Crippen molar-refractivity contribution in [2.45, 2.75) is 58.3 Å². The Morgan fingerprint density at radius 1 is 1.43 bits per heavy atom. The SMILES string of the molecule is CC(C)(C)OC(=O)Nc1ccc2c(c1)C(O)CC(C)(C)O2. The van der Waals surface area contributed by atoms with Crippen LogP contribution in [0, 0.1) is 0 Å². The molecule has 0 radical (unpaired) electrons. The minimum absolute atomic E-state index is 0.396. The van der Waals surface area contributed by atoms with E-state index in [4.69, 9.17) is 9.47 Å². The summed E-state index contributed by atoms with van der Waals surface area (Å²) in [6.07, 6.45) is -0.617. The van der Waals surface area contributed by atoms with E-state index in [-0.39, 0.29) is 0 Å². The van der Waals surface area contributed by atoms with Gasteiger partial charge in [-0.25, -0.2) is 4.79 Å². The lowest BCUT2D eigenvalue weighted by Gasteiger charge is -2.35. The third-order valence-corrected chi connectivity index (χ3v) is 3.09. The molecule has 1 heterocycles. The quantitative estimate of drug-likeness (QED) is 0.829. The van der Waals surface area contributed by atoms with Crippen molar-refractivity contribution >= 4 is 11.8 Å².